The third-order valence-electron chi connectivity index (χ3n) is 10.2. The normalized spacial score (nSPS) is 14.5. The van der Waals surface area contributed by atoms with Gasteiger partial charge in [0.2, 0.25) is 5.71 Å². The number of pyridine rings is 3. The average molecular weight is 941 g/mol. The molecule has 0 saturated heterocycles. The van der Waals surface area contributed by atoms with Crippen molar-refractivity contribution in [2.24, 2.45) is 0 Å². The Morgan fingerprint density at radius 2 is 1.28 bits per heavy atom. The Kier molecular flexibility index (Phi) is 7.66. The molecule has 0 aliphatic heterocycles. The van der Waals surface area contributed by atoms with Crippen molar-refractivity contribution >= 4 is 67.6 Å². The molecule has 57 heavy (non-hydrogen) atoms. The van der Waals surface area contributed by atoms with Crippen LogP contribution in [0.1, 0.15) is 29.2 Å². The van der Waals surface area contributed by atoms with Crippen LogP contribution in [0.5, 0.6) is 0 Å². The van der Waals surface area contributed by atoms with Crippen LogP contribution in [0.15, 0.2) is 144 Å². The standard InChI is InChI=1S/C38H29N2OSi.C13H12N.Ir/c1-23-16-18-31-30-14-9-15-32(37(30)41-38(31)40-23)35-21-33(36(22-39-35)42(2,3)4)24-17-19-29-27-12-6-5-10-25(27)26-11-7-8-13-28(26)34(29)20-24;1-10-3-6-12(7-4-10)13-8-5-11(2)9-14-13;/h5-14,16-22H,1-4H3;3-6,8-9H,1-2H3;/q2*-1;/i1D3;1D3,2D3;. The van der Waals surface area contributed by atoms with E-state index in [1.807, 2.05) is 18.3 Å². The first kappa shape index (κ1) is 28.6. The van der Waals surface area contributed by atoms with E-state index in [0.717, 1.165) is 33.2 Å². The Morgan fingerprint density at radius 3 is 1.93 bits per heavy atom. The zero-order valence-electron chi connectivity index (χ0n) is 40.4. The Hall–Kier alpha value is -5.78. The molecule has 1 radical (unpaired) electrons. The molecule has 0 saturated carbocycles. The van der Waals surface area contributed by atoms with Crippen LogP contribution in [-0.4, -0.2) is 23.0 Å². The van der Waals surface area contributed by atoms with Gasteiger partial charge in [-0.1, -0.05) is 116 Å². The second kappa shape index (κ2) is 15.3. The smallest absolute Gasteiger partial charge is 0.216 e. The summed E-state index contributed by atoms with van der Waals surface area (Å²) in [4.78, 5) is 13.4. The first-order valence-corrected chi connectivity index (χ1v) is 21.8. The molecule has 0 fully saturated rings. The monoisotopic (exact) mass is 941 g/mol. The number of furan rings is 1. The number of aryl methyl sites for hydroxylation is 3. The Labute approximate surface area is 360 Å². The molecular weight excluding hydrogens is 891 g/mol. The van der Waals surface area contributed by atoms with Gasteiger partial charge in [0.1, 0.15) is 0 Å². The molecular formula is C51H41IrN3OSi-2. The third-order valence-corrected chi connectivity index (χ3v) is 12.2. The summed E-state index contributed by atoms with van der Waals surface area (Å²) in [6, 6.07) is 47.2. The first-order chi connectivity index (χ1) is 30.8. The summed E-state index contributed by atoms with van der Waals surface area (Å²) in [6.45, 7) is 0.378. The van der Waals surface area contributed by atoms with Gasteiger partial charge in [-0.2, -0.15) is 0 Å². The van der Waals surface area contributed by atoms with Crippen LogP contribution < -0.4 is 5.19 Å². The van der Waals surface area contributed by atoms with Crippen LogP contribution in [0.4, 0.5) is 0 Å². The zero-order valence-corrected chi connectivity index (χ0v) is 34.8. The van der Waals surface area contributed by atoms with Crippen LogP contribution in [0.25, 0.3) is 88.0 Å². The molecule has 10 aromatic rings. The van der Waals surface area contributed by atoms with E-state index in [2.05, 4.69) is 115 Å². The molecule has 0 atom stereocenters. The first-order valence-electron chi connectivity index (χ1n) is 22.8. The quantitative estimate of drug-likeness (QED) is 0.100. The third kappa shape index (κ3) is 7.21. The molecule has 6 heteroatoms. The molecule has 4 nitrogen and oxygen atoms in total. The van der Waals surface area contributed by atoms with Crippen molar-refractivity contribution in [1.82, 2.24) is 15.0 Å². The SMILES string of the molecule is [2H]C([2H])([2H])c1c[c-]c(-c2ccc(C([2H])([2H])[2H])cn2)cc1.[2H]C([2H])([2H])c1ccc2c(n1)oc1c(-c3cc(-c4ccc5c6ccccc6c6ccccc6c5c4)c([Si](C)(C)C)cn3)[c-]ccc12.[Ir]. The van der Waals surface area contributed by atoms with E-state index in [-0.39, 0.29) is 36.9 Å². The van der Waals surface area contributed by atoms with Gasteiger partial charge in [-0.15, -0.1) is 53.6 Å². The van der Waals surface area contributed by atoms with Crippen molar-refractivity contribution < 1.29 is 36.9 Å². The topological polar surface area (TPSA) is 51.8 Å². The van der Waals surface area contributed by atoms with Crippen molar-refractivity contribution in [2.75, 3.05) is 0 Å². The number of nitrogens with zero attached hydrogens (tertiary/aromatic N) is 3. The average Bonchev–Trinajstić information content (AvgIpc) is 3.66. The Bertz CT molecular complexity index is 3340. The van der Waals surface area contributed by atoms with Gasteiger partial charge < -0.3 is 14.4 Å². The van der Waals surface area contributed by atoms with E-state index >= 15 is 0 Å². The van der Waals surface area contributed by atoms with Crippen molar-refractivity contribution in [3.8, 4) is 33.6 Å². The van der Waals surface area contributed by atoms with E-state index in [0.29, 0.717) is 22.6 Å². The molecule has 6 aromatic carbocycles. The van der Waals surface area contributed by atoms with Gasteiger partial charge in [0.25, 0.3) is 0 Å². The number of hydrogen-bond donors (Lipinski definition) is 0. The minimum atomic E-state index is -2.32. The molecule has 0 aliphatic rings. The summed E-state index contributed by atoms with van der Waals surface area (Å²) >= 11 is 0. The van der Waals surface area contributed by atoms with Crippen molar-refractivity contribution in [2.45, 2.75) is 40.2 Å². The maximum atomic E-state index is 7.79. The van der Waals surface area contributed by atoms with Gasteiger partial charge in [0.05, 0.1) is 13.7 Å². The Morgan fingerprint density at radius 1 is 0.596 bits per heavy atom. The van der Waals surface area contributed by atoms with Gasteiger partial charge in [-0.05, 0) is 97.5 Å². The maximum Gasteiger partial charge on any atom is 0.216 e. The van der Waals surface area contributed by atoms with Gasteiger partial charge in [-0.25, -0.2) is 4.98 Å². The van der Waals surface area contributed by atoms with E-state index < -0.39 is 28.6 Å². The summed E-state index contributed by atoms with van der Waals surface area (Å²) in [6.07, 6.45) is 3.33. The fourth-order valence-electron chi connectivity index (χ4n) is 7.45. The van der Waals surface area contributed by atoms with Crippen LogP contribution in [-0.2, 0) is 20.1 Å². The molecule has 281 valence electrons. The Balaban J connectivity index is 0.000000238. The van der Waals surface area contributed by atoms with E-state index in [4.69, 9.17) is 21.7 Å². The number of benzene rings is 6. The molecule has 0 amide bonds. The minimum Gasteiger partial charge on any atom is -0.486 e. The van der Waals surface area contributed by atoms with E-state index in [1.54, 1.807) is 24.3 Å². The predicted octanol–water partition coefficient (Wildman–Crippen LogP) is 13.0. The maximum absolute atomic E-state index is 7.79. The molecule has 0 spiro atoms. The fourth-order valence-corrected chi connectivity index (χ4v) is 8.93. The van der Waals surface area contributed by atoms with E-state index in [1.165, 1.54) is 61.9 Å². The minimum absolute atomic E-state index is 0. The summed E-state index contributed by atoms with van der Waals surface area (Å²) < 4.78 is 73.2. The zero-order chi connectivity index (χ0) is 46.1. The van der Waals surface area contributed by atoms with Crippen molar-refractivity contribution in [1.29, 1.82) is 0 Å². The molecule has 0 unspecified atom stereocenters. The second-order valence-corrected chi connectivity index (χ2v) is 19.9. The van der Waals surface area contributed by atoms with Crippen LogP contribution in [0.2, 0.25) is 19.6 Å². The van der Waals surface area contributed by atoms with Gasteiger partial charge in [0, 0.05) is 55.9 Å². The summed E-state index contributed by atoms with van der Waals surface area (Å²) in [5.41, 5.74) is 6.22. The van der Waals surface area contributed by atoms with E-state index in [9.17, 15) is 0 Å². The van der Waals surface area contributed by atoms with Gasteiger partial charge in [-0.3, -0.25) is 0 Å². The summed E-state index contributed by atoms with van der Waals surface area (Å²) in [5, 5.41) is 10.4. The molecule has 0 bridgehead atoms. The van der Waals surface area contributed by atoms with Crippen molar-refractivity contribution in [3.05, 3.63) is 169 Å². The molecule has 0 N–H and O–H groups in total. The molecule has 10 rings (SSSR count). The van der Waals surface area contributed by atoms with Crippen LogP contribution in [0.3, 0.4) is 0 Å². The van der Waals surface area contributed by atoms with Crippen molar-refractivity contribution in [3.63, 3.8) is 0 Å². The number of hydrogen-bond acceptors (Lipinski definition) is 4. The molecule has 4 heterocycles. The number of aromatic nitrogens is 3. The van der Waals surface area contributed by atoms with Crippen LogP contribution >= 0.6 is 0 Å². The second-order valence-electron chi connectivity index (χ2n) is 14.9. The molecule has 0 aliphatic carbocycles. The number of rotatable bonds is 4. The largest absolute Gasteiger partial charge is 0.486 e. The fraction of sp³-hybridized carbons (Fsp3) is 0.118. The van der Waals surface area contributed by atoms with Crippen LogP contribution in [0, 0.1) is 32.7 Å². The predicted molar refractivity (Wildman–Crippen MR) is 237 cm³/mol. The molecule has 4 aromatic heterocycles. The summed E-state index contributed by atoms with van der Waals surface area (Å²) in [5.74, 6) is 0. The van der Waals surface area contributed by atoms with Gasteiger partial charge >= 0.3 is 0 Å². The number of fused-ring (bicyclic) bond motifs is 9. The summed E-state index contributed by atoms with van der Waals surface area (Å²) in [7, 11) is -1.81. The van der Waals surface area contributed by atoms with Gasteiger partial charge in [0.15, 0.2) is 0 Å².